The Morgan fingerprint density at radius 3 is 2.35 bits per heavy atom. The predicted molar refractivity (Wildman–Crippen MR) is 82.1 cm³/mol. The van der Waals surface area contributed by atoms with E-state index in [4.69, 9.17) is 55.9 Å². The van der Waals surface area contributed by atoms with Gasteiger partial charge in [0, 0.05) is 5.56 Å². The van der Waals surface area contributed by atoms with Crippen LogP contribution in [0, 0.1) is 0 Å². The van der Waals surface area contributed by atoms with Crippen LogP contribution in [0.2, 0.25) is 10.0 Å². The van der Waals surface area contributed by atoms with Crippen molar-refractivity contribution in [2.45, 2.75) is 13.5 Å². The summed E-state index contributed by atoms with van der Waals surface area (Å²) in [6.45, 7) is 1.82. The summed E-state index contributed by atoms with van der Waals surface area (Å²) in [7, 11) is 0. The van der Waals surface area contributed by atoms with E-state index in [-0.39, 0.29) is 30.1 Å². The van der Waals surface area contributed by atoms with E-state index in [1.165, 1.54) is 13.0 Å². The standard InChI is InChI=1S/C13H12Cl4O3/c1-8(18)6-19-7-10-11(14)4-9(5-12(10)15)20-3-2-13(16)17/h2,4-5H,3,6-7H2,1H3. The Morgan fingerprint density at radius 2 is 1.85 bits per heavy atom. The van der Waals surface area contributed by atoms with Crippen molar-refractivity contribution in [1.29, 1.82) is 0 Å². The van der Waals surface area contributed by atoms with Crippen LogP contribution in [0.3, 0.4) is 0 Å². The average Bonchev–Trinajstić information content (AvgIpc) is 2.32. The third kappa shape index (κ3) is 6.33. The molecule has 0 bridgehead atoms. The normalized spacial score (nSPS) is 10.2. The van der Waals surface area contributed by atoms with Gasteiger partial charge in [-0.2, -0.15) is 0 Å². The van der Waals surface area contributed by atoms with E-state index in [2.05, 4.69) is 0 Å². The fourth-order valence-electron chi connectivity index (χ4n) is 1.30. The lowest BCUT2D eigenvalue weighted by Crippen LogP contribution is -2.04. The van der Waals surface area contributed by atoms with E-state index in [0.29, 0.717) is 21.4 Å². The molecule has 0 radical (unpaired) electrons. The van der Waals surface area contributed by atoms with Crippen LogP contribution in [-0.2, 0) is 16.1 Å². The first-order valence-electron chi connectivity index (χ1n) is 5.59. The van der Waals surface area contributed by atoms with E-state index < -0.39 is 0 Å². The molecule has 0 aliphatic heterocycles. The zero-order valence-corrected chi connectivity index (χ0v) is 13.6. The summed E-state index contributed by atoms with van der Waals surface area (Å²) >= 11 is 23.1. The molecule has 0 unspecified atom stereocenters. The SMILES string of the molecule is CC(=O)COCc1c(Cl)cc(OCC=C(Cl)Cl)cc1Cl. The summed E-state index contributed by atoms with van der Waals surface area (Å²) in [6.07, 6.45) is 1.49. The first-order valence-corrected chi connectivity index (χ1v) is 7.10. The van der Waals surface area contributed by atoms with Crippen LogP contribution in [-0.4, -0.2) is 19.0 Å². The van der Waals surface area contributed by atoms with Crippen LogP contribution in [0.25, 0.3) is 0 Å². The molecule has 0 saturated carbocycles. The Balaban J connectivity index is 2.70. The lowest BCUT2D eigenvalue weighted by atomic mass is 10.2. The second kappa shape index (κ2) is 8.75. The van der Waals surface area contributed by atoms with Gasteiger partial charge in [0.1, 0.15) is 23.5 Å². The molecular formula is C13H12Cl4O3. The number of rotatable bonds is 7. The summed E-state index contributed by atoms with van der Waals surface area (Å²) in [4.78, 5) is 10.8. The van der Waals surface area contributed by atoms with E-state index in [1.807, 2.05) is 0 Å². The Bertz CT molecular complexity index is 487. The molecule has 0 saturated heterocycles. The predicted octanol–water partition coefficient (Wildman–Crippen LogP) is 4.80. The molecule has 0 aliphatic carbocycles. The van der Waals surface area contributed by atoms with Gasteiger partial charge >= 0.3 is 0 Å². The molecule has 0 fully saturated rings. The van der Waals surface area contributed by atoms with Crippen LogP contribution in [0.15, 0.2) is 22.7 Å². The molecule has 7 heteroatoms. The largest absolute Gasteiger partial charge is 0.489 e. The topological polar surface area (TPSA) is 35.5 Å². The summed E-state index contributed by atoms with van der Waals surface area (Å²) in [5.41, 5.74) is 0.604. The molecule has 0 aromatic heterocycles. The zero-order chi connectivity index (χ0) is 15.1. The van der Waals surface area contributed by atoms with E-state index >= 15 is 0 Å². The van der Waals surface area contributed by atoms with Gasteiger partial charge in [-0.3, -0.25) is 4.79 Å². The average molecular weight is 358 g/mol. The Kier molecular flexibility index (Phi) is 7.70. The number of ether oxygens (including phenoxy) is 2. The number of benzene rings is 1. The van der Waals surface area contributed by atoms with Crippen LogP contribution in [0.5, 0.6) is 5.75 Å². The molecule has 1 rings (SSSR count). The molecular weight excluding hydrogens is 346 g/mol. The van der Waals surface area contributed by atoms with Gasteiger partial charge in [-0.25, -0.2) is 0 Å². The quantitative estimate of drug-likeness (QED) is 0.703. The first-order chi connectivity index (χ1) is 9.40. The minimum atomic E-state index is -0.0676. The third-order valence-corrected chi connectivity index (χ3v) is 3.14. The number of hydrogen-bond acceptors (Lipinski definition) is 3. The summed E-state index contributed by atoms with van der Waals surface area (Å²) in [5, 5.41) is 0.800. The molecule has 0 amide bonds. The van der Waals surface area contributed by atoms with Gasteiger partial charge < -0.3 is 9.47 Å². The second-order valence-corrected chi connectivity index (χ2v) is 5.69. The molecule has 110 valence electrons. The van der Waals surface area contributed by atoms with Crippen molar-refractivity contribution in [1.82, 2.24) is 0 Å². The van der Waals surface area contributed by atoms with Crippen molar-refractivity contribution in [3.05, 3.63) is 38.3 Å². The van der Waals surface area contributed by atoms with Gasteiger partial charge in [-0.1, -0.05) is 46.4 Å². The first kappa shape index (κ1) is 17.6. The summed E-state index contributed by atoms with van der Waals surface area (Å²) < 4.78 is 10.7. The molecule has 0 heterocycles. The highest BCUT2D eigenvalue weighted by Crippen LogP contribution is 2.31. The number of ketones is 1. The third-order valence-electron chi connectivity index (χ3n) is 2.15. The molecule has 20 heavy (non-hydrogen) atoms. The molecule has 0 atom stereocenters. The number of hydrogen-bond donors (Lipinski definition) is 0. The minimum Gasteiger partial charge on any atom is -0.489 e. The molecule has 1 aromatic rings. The highest BCUT2D eigenvalue weighted by molar-refractivity contribution is 6.55. The molecule has 0 N–H and O–H groups in total. The number of Topliss-reactive ketones (excluding diaryl/α,β-unsaturated/α-hetero) is 1. The van der Waals surface area contributed by atoms with E-state index in [1.54, 1.807) is 12.1 Å². The highest BCUT2D eigenvalue weighted by Gasteiger charge is 2.10. The Hall–Kier alpha value is -0.450. The molecule has 1 aromatic carbocycles. The van der Waals surface area contributed by atoms with Crippen molar-refractivity contribution < 1.29 is 14.3 Å². The molecule has 0 aliphatic rings. The fourth-order valence-corrected chi connectivity index (χ4v) is 2.00. The smallest absolute Gasteiger partial charge is 0.155 e. The van der Waals surface area contributed by atoms with Crippen LogP contribution in [0.1, 0.15) is 12.5 Å². The van der Waals surface area contributed by atoms with Crippen LogP contribution < -0.4 is 4.74 Å². The van der Waals surface area contributed by atoms with Crippen LogP contribution >= 0.6 is 46.4 Å². The Labute approximate surface area is 137 Å². The van der Waals surface area contributed by atoms with Gasteiger partial charge in [0.05, 0.1) is 16.7 Å². The van der Waals surface area contributed by atoms with Gasteiger partial charge in [-0.15, -0.1) is 0 Å². The number of halogens is 4. The van der Waals surface area contributed by atoms with E-state index in [0.717, 1.165) is 0 Å². The highest BCUT2D eigenvalue weighted by atomic mass is 35.5. The molecule has 3 nitrogen and oxygen atoms in total. The summed E-state index contributed by atoms with van der Waals surface area (Å²) in [6, 6.07) is 3.21. The van der Waals surface area contributed by atoms with Crippen molar-refractivity contribution >= 4 is 52.2 Å². The number of carbonyl (C=O) groups is 1. The lowest BCUT2D eigenvalue weighted by molar-refractivity contribution is -0.121. The van der Waals surface area contributed by atoms with Gasteiger partial charge in [0.2, 0.25) is 0 Å². The maximum absolute atomic E-state index is 10.8. The zero-order valence-electron chi connectivity index (χ0n) is 10.6. The molecule has 0 spiro atoms. The van der Waals surface area contributed by atoms with Crippen molar-refractivity contribution in [2.75, 3.05) is 13.2 Å². The van der Waals surface area contributed by atoms with Crippen molar-refractivity contribution in [3.8, 4) is 5.75 Å². The van der Waals surface area contributed by atoms with Crippen molar-refractivity contribution in [2.24, 2.45) is 0 Å². The van der Waals surface area contributed by atoms with Gasteiger partial charge in [0.25, 0.3) is 0 Å². The maximum atomic E-state index is 10.8. The lowest BCUT2D eigenvalue weighted by Gasteiger charge is -2.10. The second-order valence-electron chi connectivity index (χ2n) is 3.87. The Morgan fingerprint density at radius 1 is 1.25 bits per heavy atom. The van der Waals surface area contributed by atoms with Gasteiger partial charge in [0.15, 0.2) is 5.78 Å². The van der Waals surface area contributed by atoms with Crippen molar-refractivity contribution in [3.63, 3.8) is 0 Å². The maximum Gasteiger partial charge on any atom is 0.155 e. The summed E-state index contributed by atoms with van der Waals surface area (Å²) in [5.74, 6) is 0.420. The van der Waals surface area contributed by atoms with Gasteiger partial charge in [-0.05, 0) is 25.1 Å². The minimum absolute atomic E-state index is 0.0178. The monoisotopic (exact) mass is 356 g/mol. The fraction of sp³-hybridized carbons (Fsp3) is 0.308. The van der Waals surface area contributed by atoms with Crippen LogP contribution in [0.4, 0.5) is 0 Å². The number of carbonyl (C=O) groups excluding carboxylic acids is 1. The van der Waals surface area contributed by atoms with E-state index in [9.17, 15) is 4.79 Å².